The Hall–Kier alpha value is -0.610. The summed E-state index contributed by atoms with van der Waals surface area (Å²) in [6.07, 6.45) is 10.4. The molecule has 4 heteroatoms. The van der Waals surface area contributed by atoms with E-state index in [1.807, 2.05) is 0 Å². The molecule has 18 heavy (non-hydrogen) atoms. The van der Waals surface area contributed by atoms with Crippen molar-refractivity contribution < 1.29 is 15.0 Å². The molecule has 0 amide bonds. The molecule has 0 rings (SSSR count). The van der Waals surface area contributed by atoms with Gasteiger partial charge in [-0.15, -0.1) is 0 Å². The first-order chi connectivity index (χ1) is 8.72. The van der Waals surface area contributed by atoms with Gasteiger partial charge in [0.25, 0.3) is 0 Å². The minimum absolute atomic E-state index is 0.0127. The number of unbranched alkanes of at least 4 members (excludes halogenated alkanes) is 7. The number of aliphatic carboxylic acids is 1. The van der Waals surface area contributed by atoms with Crippen LogP contribution >= 0.6 is 0 Å². The number of carboxylic acids is 1. The number of aliphatic hydroxyl groups excluding tert-OH is 1. The van der Waals surface area contributed by atoms with E-state index in [-0.39, 0.29) is 6.61 Å². The summed E-state index contributed by atoms with van der Waals surface area (Å²) in [5.74, 6) is -0.814. The van der Waals surface area contributed by atoms with Crippen LogP contribution in [-0.2, 0) is 4.79 Å². The summed E-state index contributed by atoms with van der Waals surface area (Å²) >= 11 is 0. The fourth-order valence-corrected chi connectivity index (χ4v) is 2.03. The number of aliphatic hydroxyl groups is 1. The minimum Gasteiger partial charge on any atom is -0.480 e. The molecule has 0 radical (unpaired) electrons. The molecule has 0 spiro atoms. The van der Waals surface area contributed by atoms with Crippen molar-refractivity contribution in [3.05, 3.63) is 0 Å². The second-order valence-electron chi connectivity index (χ2n) is 4.83. The van der Waals surface area contributed by atoms with Crippen LogP contribution < -0.4 is 5.32 Å². The molecule has 0 saturated heterocycles. The molecule has 1 atom stereocenters. The second-order valence-corrected chi connectivity index (χ2v) is 4.83. The third-order valence-electron chi connectivity index (χ3n) is 3.15. The van der Waals surface area contributed by atoms with Gasteiger partial charge in [-0.2, -0.15) is 0 Å². The first-order valence-corrected chi connectivity index (χ1v) is 7.29. The van der Waals surface area contributed by atoms with Gasteiger partial charge in [0, 0.05) is 6.54 Å². The molecule has 0 fully saturated rings. The van der Waals surface area contributed by atoms with Gasteiger partial charge in [-0.3, -0.25) is 4.79 Å². The summed E-state index contributed by atoms with van der Waals surface area (Å²) in [7, 11) is 0. The predicted molar refractivity (Wildman–Crippen MR) is 73.7 cm³/mol. The van der Waals surface area contributed by atoms with Crippen LogP contribution in [0.5, 0.6) is 0 Å². The topological polar surface area (TPSA) is 69.6 Å². The summed E-state index contributed by atoms with van der Waals surface area (Å²) in [6, 6.07) is -0.503. The van der Waals surface area contributed by atoms with E-state index < -0.39 is 12.0 Å². The summed E-state index contributed by atoms with van der Waals surface area (Å²) in [4.78, 5) is 10.9. The van der Waals surface area contributed by atoms with Crippen LogP contribution in [0.25, 0.3) is 0 Å². The van der Waals surface area contributed by atoms with Crippen molar-refractivity contribution in [2.24, 2.45) is 0 Å². The smallest absolute Gasteiger partial charge is 0.320 e. The van der Waals surface area contributed by atoms with E-state index in [2.05, 4.69) is 12.2 Å². The van der Waals surface area contributed by atoms with E-state index in [1.165, 1.54) is 38.5 Å². The molecule has 108 valence electrons. The van der Waals surface area contributed by atoms with Crippen LogP contribution in [0.4, 0.5) is 0 Å². The van der Waals surface area contributed by atoms with Gasteiger partial charge >= 0.3 is 5.97 Å². The summed E-state index contributed by atoms with van der Waals surface area (Å²) in [6.45, 7) is 2.56. The molecule has 0 heterocycles. The first-order valence-electron chi connectivity index (χ1n) is 7.29. The van der Waals surface area contributed by atoms with Gasteiger partial charge in [-0.1, -0.05) is 58.3 Å². The SMILES string of the molecule is CCCCCCCCCCC(NCCO)C(=O)O. The van der Waals surface area contributed by atoms with Crippen LogP contribution in [0.1, 0.15) is 64.7 Å². The molecule has 4 nitrogen and oxygen atoms in total. The maximum Gasteiger partial charge on any atom is 0.320 e. The molecular weight excluding hydrogens is 230 g/mol. The third kappa shape index (κ3) is 10.5. The Balaban J connectivity index is 3.40. The molecule has 1 unspecified atom stereocenters. The first kappa shape index (κ1) is 17.4. The molecular formula is C14H29NO3. The number of hydrogen-bond donors (Lipinski definition) is 3. The summed E-state index contributed by atoms with van der Waals surface area (Å²) in [5, 5.41) is 20.4. The monoisotopic (exact) mass is 259 g/mol. The van der Waals surface area contributed by atoms with Gasteiger partial charge in [0.15, 0.2) is 0 Å². The normalized spacial score (nSPS) is 12.6. The van der Waals surface area contributed by atoms with Crippen molar-refractivity contribution in [1.82, 2.24) is 5.32 Å². The average Bonchev–Trinajstić information content (AvgIpc) is 2.35. The van der Waals surface area contributed by atoms with Crippen molar-refractivity contribution in [2.45, 2.75) is 70.8 Å². The van der Waals surface area contributed by atoms with Crippen LogP contribution in [-0.4, -0.2) is 35.4 Å². The molecule has 0 bridgehead atoms. The Kier molecular flexibility index (Phi) is 12.4. The zero-order chi connectivity index (χ0) is 13.6. The number of nitrogens with one attached hydrogen (secondary N) is 1. The molecule has 0 aromatic heterocycles. The lowest BCUT2D eigenvalue weighted by atomic mass is 10.0. The van der Waals surface area contributed by atoms with Gasteiger partial charge in [-0.25, -0.2) is 0 Å². The Morgan fingerprint density at radius 3 is 2.11 bits per heavy atom. The van der Waals surface area contributed by atoms with Gasteiger partial charge in [0.05, 0.1) is 6.61 Å². The van der Waals surface area contributed by atoms with Crippen LogP contribution in [0.15, 0.2) is 0 Å². The Labute approximate surface area is 111 Å². The highest BCUT2D eigenvalue weighted by molar-refractivity contribution is 5.73. The maximum atomic E-state index is 10.9. The van der Waals surface area contributed by atoms with Gasteiger partial charge < -0.3 is 15.5 Å². The van der Waals surface area contributed by atoms with Gasteiger partial charge in [-0.05, 0) is 6.42 Å². The van der Waals surface area contributed by atoms with E-state index in [0.29, 0.717) is 13.0 Å². The minimum atomic E-state index is -0.814. The number of hydrogen-bond acceptors (Lipinski definition) is 3. The Morgan fingerprint density at radius 1 is 1.06 bits per heavy atom. The van der Waals surface area contributed by atoms with E-state index in [0.717, 1.165) is 12.8 Å². The van der Waals surface area contributed by atoms with Crippen molar-refractivity contribution in [3.63, 3.8) is 0 Å². The molecule has 0 saturated carbocycles. The highest BCUT2D eigenvalue weighted by atomic mass is 16.4. The number of carbonyl (C=O) groups is 1. The van der Waals surface area contributed by atoms with Crippen molar-refractivity contribution in [2.75, 3.05) is 13.2 Å². The molecule has 0 aliphatic rings. The van der Waals surface area contributed by atoms with Crippen LogP contribution in [0, 0.1) is 0 Å². The standard InChI is InChI=1S/C14H29NO3/c1-2-3-4-5-6-7-8-9-10-13(14(17)18)15-11-12-16/h13,15-16H,2-12H2,1H3,(H,17,18). The fourth-order valence-electron chi connectivity index (χ4n) is 2.03. The van der Waals surface area contributed by atoms with Crippen LogP contribution in [0.3, 0.4) is 0 Å². The van der Waals surface area contributed by atoms with Gasteiger partial charge in [0.2, 0.25) is 0 Å². The zero-order valence-electron chi connectivity index (χ0n) is 11.7. The predicted octanol–water partition coefficient (Wildman–Crippen LogP) is 2.55. The Bertz CT molecular complexity index is 197. The van der Waals surface area contributed by atoms with E-state index in [9.17, 15) is 4.79 Å². The summed E-state index contributed by atoms with van der Waals surface area (Å²) in [5.41, 5.74) is 0. The van der Waals surface area contributed by atoms with E-state index in [1.54, 1.807) is 0 Å². The average molecular weight is 259 g/mol. The lowest BCUT2D eigenvalue weighted by Crippen LogP contribution is -2.38. The quantitative estimate of drug-likeness (QED) is 0.445. The lowest BCUT2D eigenvalue weighted by Gasteiger charge is -2.13. The van der Waals surface area contributed by atoms with Crippen LogP contribution in [0.2, 0.25) is 0 Å². The fraction of sp³-hybridized carbons (Fsp3) is 0.929. The van der Waals surface area contributed by atoms with Crippen molar-refractivity contribution in [1.29, 1.82) is 0 Å². The third-order valence-corrected chi connectivity index (χ3v) is 3.15. The van der Waals surface area contributed by atoms with Crippen molar-refractivity contribution in [3.8, 4) is 0 Å². The molecule has 0 aliphatic carbocycles. The molecule has 3 N–H and O–H groups in total. The summed E-state index contributed by atoms with van der Waals surface area (Å²) < 4.78 is 0. The van der Waals surface area contributed by atoms with E-state index >= 15 is 0 Å². The van der Waals surface area contributed by atoms with E-state index in [4.69, 9.17) is 10.2 Å². The highest BCUT2D eigenvalue weighted by Crippen LogP contribution is 2.10. The largest absolute Gasteiger partial charge is 0.480 e. The number of carboxylic acid groups (broad SMARTS) is 1. The van der Waals surface area contributed by atoms with Gasteiger partial charge in [0.1, 0.15) is 6.04 Å². The maximum absolute atomic E-state index is 10.9. The molecule has 0 aliphatic heterocycles. The number of rotatable bonds is 13. The highest BCUT2D eigenvalue weighted by Gasteiger charge is 2.15. The second kappa shape index (κ2) is 12.8. The molecule has 0 aromatic carbocycles. The Morgan fingerprint density at radius 2 is 1.61 bits per heavy atom. The van der Waals surface area contributed by atoms with Crippen molar-refractivity contribution >= 4 is 5.97 Å². The zero-order valence-corrected chi connectivity index (χ0v) is 11.7. The molecule has 0 aromatic rings. The lowest BCUT2D eigenvalue weighted by molar-refractivity contribution is -0.139.